The highest BCUT2D eigenvalue weighted by Crippen LogP contribution is 2.27. The Kier molecular flexibility index (Phi) is 6.08. The quantitative estimate of drug-likeness (QED) is 0.196. The first-order chi connectivity index (χ1) is 16.3. The fraction of sp³-hybridized carbons (Fsp3) is 0.100. The second-order valence-corrected chi connectivity index (χ2v) is 7.12. The molecule has 4 rings (SSSR count). The SMILES string of the molecule is COc1nc2c(C(N)=O)cccc2n1-c1nnc(C(N)=O)c(NCc2cccc(B(O)O)c2)n1. The third-order valence-electron chi connectivity index (χ3n) is 4.92. The Bertz CT molecular complexity index is 1410. The zero-order chi connectivity index (χ0) is 24.4. The molecule has 0 bridgehead atoms. The Morgan fingerprint density at radius 2 is 1.85 bits per heavy atom. The molecular weight excluding hydrogens is 443 g/mol. The Morgan fingerprint density at radius 1 is 1.09 bits per heavy atom. The number of aromatic nitrogens is 5. The van der Waals surface area contributed by atoms with Crippen LogP contribution in [0.1, 0.15) is 26.4 Å². The van der Waals surface area contributed by atoms with Crippen molar-refractivity contribution < 1.29 is 24.4 Å². The zero-order valence-corrected chi connectivity index (χ0v) is 17.8. The standard InChI is InChI=1S/C20H19BN8O5/c1-34-20-25-14-12(16(22)30)6-3-7-13(14)29(20)19-26-18(15(17(23)31)27-28-19)24-9-10-4-2-5-11(8-10)21(32)33/h2-8,32-33H,9H2,1H3,(H2,22,30)(H2,23,31)(H,24,26,28). The number of nitrogens with zero attached hydrogens (tertiary/aromatic N) is 5. The number of benzene rings is 2. The molecule has 0 saturated carbocycles. The number of nitrogens with two attached hydrogens (primary N) is 2. The van der Waals surface area contributed by atoms with Crippen molar-refractivity contribution in [1.29, 1.82) is 0 Å². The molecule has 4 aromatic rings. The van der Waals surface area contributed by atoms with Gasteiger partial charge in [-0.15, -0.1) is 10.2 Å². The van der Waals surface area contributed by atoms with E-state index in [9.17, 15) is 19.6 Å². The maximum Gasteiger partial charge on any atom is 0.488 e. The molecule has 2 aromatic heterocycles. The van der Waals surface area contributed by atoms with E-state index in [0.29, 0.717) is 16.5 Å². The molecule has 0 radical (unpaired) electrons. The summed E-state index contributed by atoms with van der Waals surface area (Å²) >= 11 is 0. The number of ether oxygens (including phenoxy) is 1. The van der Waals surface area contributed by atoms with Gasteiger partial charge in [0, 0.05) is 6.54 Å². The number of carbonyl (C=O) groups is 2. The van der Waals surface area contributed by atoms with Crippen molar-refractivity contribution in [2.75, 3.05) is 12.4 Å². The van der Waals surface area contributed by atoms with E-state index < -0.39 is 18.9 Å². The minimum absolute atomic E-state index is 0.00648. The van der Waals surface area contributed by atoms with Crippen LogP contribution in [0, 0.1) is 0 Å². The van der Waals surface area contributed by atoms with Crippen molar-refractivity contribution in [3.05, 3.63) is 59.3 Å². The molecule has 2 heterocycles. The van der Waals surface area contributed by atoms with Gasteiger partial charge in [-0.25, -0.2) is 4.57 Å². The van der Waals surface area contributed by atoms with Crippen molar-refractivity contribution in [1.82, 2.24) is 24.7 Å². The molecule has 0 spiro atoms. The Morgan fingerprint density at radius 3 is 2.53 bits per heavy atom. The van der Waals surface area contributed by atoms with Gasteiger partial charge in [-0.1, -0.05) is 30.3 Å². The first-order valence-corrected chi connectivity index (χ1v) is 9.89. The van der Waals surface area contributed by atoms with Crippen molar-refractivity contribution in [2.45, 2.75) is 6.54 Å². The number of imidazole rings is 1. The molecule has 0 atom stereocenters. The van der Waals surface area contributed by atoms with Gasteiger partial charge in [0.1, 0.15) is 5.52 Å². The Balaban J connectivity index is 1.78. The second kappa shape index (κ2) is 9.13. The predicted octanol–water partition coefficient (Wildman–Crippen LogP) is -1.29. The molecule has 34 heavy (non-hydrogen) atoms. The molecule has 172 valence electrons. The molecule has 7 N–H and O–H groups in total. The molecule has 0 aliphatic heterocycles. The first-order valence-electron chi connectivity index (χ1n) is 9.89. The highest BCUT2D eigenvalue weighted by atomic mass is 16.5. The van der Waals surface area contributed by atoms with E-state index in [1.165, 1.54) is 17.7 Å². The van der Waals surface area contributed by atoms with E-state index in [-0.39, 0.29) is 41.1 Å². The fourth-order valence-electron chi connectivity index (χ4n) is 3.36. The molecule has 14 heteroatoms. The van der Waals surface area contributed by atoms with Crippen molar-refractivity contribution in [3.63, 3.8) is 0 Å². The predicted molar refractivity (Wildman–Crippen MR) is 122 cm³/mol. The maximum absolute atomic E-state index is 11.9. The molecular formula is C20H19BN8O5. The number of nitrogens with one attached hydrogen (secondary N) is 1. The van der Waals surface area contributed by atoms with Crippen LogP contribution in [0.15, 0.2) is 42.5 Å². The minimum Gasteiger partial charge on any atom is -0.468 e. The summed E-state index contributed by atoms with van der Waals surface area (Å²) in [6, 6.07) is 11.4. The number of amides is 2. The average Bonchev–Trinajstić information content (AvgIpc) is 3.21. The van der Waals surface area contributed by atoms with Gasteiger partial charge >= 0.3 is 13.1 Å². The van der Waals surface area contributed by atoms with Gasteiger partial charge in [-0.05, 0) is 23.2 Å². The lowest BCUT2D eigenvalue weighted by Gasteiger charge is -2.12. The van der Waals surface area contributed by atoms with Gasteiger partial charge in [0.15, 0.2) is 11.5 Å². The van der Waals surface area contributed by atoms with Gasteiger partial charge in [0.25, 0.3) is 17.8 Å². The van der Waals surface area contributed by atoms with Gasteiger partial charge in [0.2, 0.25) is 0 Å². The van der Waals surface area contributed by atoms with Crippen LogP contribution in [0.5, 0.6) is 6.01 Å². The number of para-hydroxylation sites is 1. The Hall–Kier alpha value is -4.56. The summed E-state index contributed by atoms with van der Waals surface area (Å²) < 4.78 is 6.74. The van der Waals surface area contributed by atoms with Crippen LogP contribution >= 0.6 is 0 Å². The summed E-state index contributed by atoms with van der Waals surface area (Å²) in [7, 11) is -0.241. The van der Waals surface area contributed by atoms with Crippen LogP contribution in [0.3, 0.4) is 0 Å². The van der Waals surface area contributed by atoms with Crippen LogP contribution in [-0.4, -0.2) is 60.8 Å². The summed E-state index contributed by atoms with van der Waals surface area (Å²) in [4.78, 5) is 32.4. The summed E-state index contributed by atoms with van der Waals surface area (Å²) in [5, 5.41) is 29.6. The van der Waals surface area contributed by atoms with Crippen LogP contribution in [-0.2, 0) is 6.54 Å². The third kappa shape index (κ3) is 4.22. The number of hydrogen-bond acceptors (Lipinski definition) is 10. The number of hydrogen-bond donors (Lipinski definition) is 5. The average molecular weight is 462 g/mol. The summed E-state index contributed by atoms with van der Waals surface area (Å²) in [6.07, 6.45) is 0. The van der Waals surface area contributed by atoms with Crippen LogP contribution in [0.4, 0.5) is 5.82 Å². The zero-order valence-electron chi connectivity index (χ0n) is 17.8. The molecule has 0 unspecified atom stereocenters. The second-order valence-electron chi connectivity index (χ2n) is 7.12. The van der Waals surface area contributed by atoms with E-state index in [2.05, 4.69) is 25.5 Å². The van der Waals surface area contributed by atoms with E-state index in [0.717, 1.165) is 0 Å². The van der Waals surface area contributed by atoms with Gasteiger partial charge in [0.05, 0.1) is 18.2 Å². The molecule has 2 aromatic carbocycles. The summed E-state index contributed by atoms with van der Waals surface area (Å²) in [6.45, 7) is 0.159. The molecule has 0 saturated heterocycles. The highest BCUT2D eigenvalue weighted by Gasteiger charge is 2.22. The number of rotatable bonds is 8. The first kappa shape index (κ1) is 22.6. The summed E-state index contributed by atoms with van der Waals surface area (Å²) in [5.41, 5.74) is 12.6. The Labute approximate surface area is 192 Å². The lowest BCUT2D eigenvalue weighted by molar-refractivity contribution is 0.0989. The van der Waals surface area contributed by atoms with E-state index in [1.807, 2.05) is 0 Å². The monoisotopic (exact) mass is 462 g/mol. The van der Waals surface area contributed by atoms with Gasteiger partial charge in [-0.3, -0.25) is 9.59 Å². The molecule has 13 nitrogen and oxygen atoms in total. The van der Waals surface area contributed by atoms with Crippen molar-refractivity contribution in [2.24, 2.45) is 11.5 Å². The number of carbonyl (C=O) groups excluding carboxylic acids is 2. The summed E-state index contributed by atoms with van der Waals surface area (Å²) in [5.74, 6) is -1.50. The minimum atomic E-state index is -1.62. The van der Waals surface area contributed by atoms with Crippen molar-refractivity contribution >= 4 is 41.2 Å². The normalized spacial score (nSPS) is 10.8. The number of fused-ring (bicyclic) bond motifs is 1. The fourth-order valence-corrected chi connectivity index (χ4v) is 3.36. The van der Waals surface area contributed by atoms with Crippen LogP contribution in [0.2, 0.25) is 0 Å². The maximum atomic E-state index is 11.9. The van der Waals surface area contributed by atoms with Crippen molar-refractivity contribution in [3.8, 4) is 12.0 Å². The number of primary amides is 2. The van der Waals surface area contributed by atoms with Gasteiger partial charge < -0.3 is 31.6 Å². The molecule has 2 amide bonds. The number of anilines is 1. The largest absolute Gasteiger partial charge is 0.488 e. The molecule has 0 aliphatic carbocycles. The lowest BCUT2D eigenvalue weighted by atomic mass is 9.80. The number of methoxy groups -OCH3 is 1. The highest BCUT2D eigenvalue weighted by molar-refractivity contribution is 6.58. The topological polar surface area (TPSA) is 204 Å². The van der Waals surface area contributed by atoms with E-state index in [1.54, 1.807) is 36.4 Å². The molecule has 0 aliphatic rings. The smallest absolute Gasteiger partial charge is 0.468 e. The van der Waals surface area contributed by atoms with Crippen LogP contribution in [0.25, 0.3) is 17.0 Å². The van der Waals surface area contributed by atoms with Crippen LogP contribution < -0.4 is 27.0 Å². The molecule has 0 fully saturated rings. The third-order valence-corrected chi connectivity index (χ3v) is 4.92. The lowest BCUT2D eigenvalue weighted by Crippen LogP contribution is -2.30. The van der Waals surface area contributed by atoms with Gasteiger partial charge in [-0.2, -0.15) is 9.97 Å². The van der Waals surface area contributed by atoms with E-state index in [4.69, 9.17) is 16.2 Å². The van der Waals surface area contributed by atoms with E-state index >= 15 is 0 Å².